The van der Waals surface area contributed by atoms with Crippen molar-refractivity contribution >= 4 is 10.0 Å². The Labute approximate surface area is 166 Å². The molecule has 1 aliphatic heterocycles. The van der Waals surface area contributed by atoms with Crippen molar-refractivity contribution in [3.63, 3.8) is 0 Å². The van der Waals surface area contributed by atoms with E-state index in [9.17, 15) is 8.42 Å². The summed E-state index contributed by atoms with van der Waals surface area (Å²) in [5.74, 6) is 1.31. The van der Waals surface area contributed by atoms with Crippen LogP contribution in [0.1, 0.15) is 75.2 Å². The topological polar surface area (TPSA) is 94.1 Å². The van der Waals surface area contributed by atoms with Gasteiger partial charge in [-0.15, -0.1) is 10.2 Å². The van der Waals surface area contributed by atoms with Crippen LogP contribution in [0, 0.1) is 19.3 Å². The first-order valence-corrected chi connectivity index (χ1v) is 11.5. The molecule has 2 aromatic rings. The molecular weight excluding hydrogens is 378 g/mol. The molecule has 1 aliphatic carbocycles. The molecule has 2 aliphatic rings. The highest BCUT2D eigenvalue weighted by atomic mass is 32.2. The number of sulfonamides is 1. The standard InChI is InChI=1S/C19H29N5O3S/c1-13(2)24-12-20-21-18(24)16-10-23(11-19(16)8-6-5-7-9-19)28(25,26)17-14(3)22-27-15(17)4/h12-13,16H,5-11H2,1-4H3. The molecule has 0 radical (unpaired) electrons. The maximum atomic E-state index is 13.5. The van der Waals surface area contributed by atoms with E-state index < -0.39 is 10.0 Å². The van der Waals surface area contributed by atoms with Gasteiger partial charge in [-0.3, -0.25) is 0 Å². The fourth-order valence-corrected chi connectivity index (χ4v) is 6.94. The SMILES string of the molecule is Cc1noc(C)c1S(=O)(=O)N1CC(c2nncn2C(C)C)C2(CCCCC2)C1. The number of rotatable bonds is 4. The van der Waals surface area contributed by atoms with E-state index in [2.05, 4.69) is 33.8 Å². The minimum Gasteiger partial charge on any atom is -0.360 e. The lowest BCUT2D eigenvalue weighted by Gasteiger charge is -2.38. The summed E-state index contributed by atoms with van der Waals surface area (Å²) < 4.78 is 35.8. The maximum Gasteiger partial charge on any atom is 0.248 e. The highest BCUT2D eigenvalue weighted by molar-refractivity contribution is 7.89. The molecular formula is C19H29N5O3S. The van der Waals surface area contributed by atoms with Gasteiger partial charge < -0.3 is 9.09 Å². The van der Waals surface area contributed by atoms with Crippen LogP contribution in [0.2, 0.25) is 0 Å². The minimum absolute atomic E-state index is 0.0490. The molecule has 28 heavy (non-hydrogen) atoms. The van der Waals surface area contributed by atoms with Gasteiger partial charge in [0.1, 0.15) is 22.7 Å². The monoisotopic (exact) mass is 407 g/mol. The van der Waals surface area contributed by atoms with Crippen LogP contribution in [0.15, 0.2) is 15.7 Å². The highest BCUT2D eigenvalue weighted by Crippen LogP contribution is 2.53. The molecule has 1 unspecified atom stereocenters. The van der Waals surface area contributed by atoms with Crippen LogP contribution >= 0.6 is 0 Å². The molecule has 9 heteroatoms. The average Bonchev–Trinajstić information content (AvgIpc) is 3.33. The highest BCUT2D eigenvalue weighted by Gasteiger charge is 2.53. The third-order valence-electron chi connectivity index (χ3n) is 6.50. The number of aromatic nitrogens is 4. The zero-order valence-corrected chi connectivity index (χ0v) is 17.9. The Hall–Kier alpha value is -1.74. The normalized spacial score (nSPS) is 23.1. The van der Waals surface area contributed by atoms with E-state index in [-0.39, 0.29) is 22.3 Å². The largest absolute Gasteiger partial charge is 0.360 e. The van der Waals surface area contributed by atoms with Crippen molar-refractivity contribution in [2.45, 2.75) is 76.7 Å². The fraction of sp³-hybridized carbons (Fsp3) is 0.737. The second kappa shape index (κ2) is 6.95. The van der Waals surface area contributed by atoms with Crippen molar-refractivity contribution in [3.05, 3.63) is 23.6 Å². The lowest BCUT2D eigenvalue weighted by molar-refractivity contribution is 0.175. The van der Waals surface area contributed by atoms with Crippen LogP contribution < -0.4 is 0 Å². The van der Waals surface area contributed by atoms with Crippen molar-refractivity contribution < 1.29 is 12.9 Å². The first kappa shape index (κ1) is 19.6. The number of nitrogens with zero attached hydrogens (tertiary/aromatic N) is 5. The smallest absolute Gasteiger partial charge is 0.248 e. The number of aryl methyl sites for hydroxylation is 2. The summed E-state index contributed by atoms with van der Waals surface area (Å²) in [4.78, 5) is 0.212. The molecule has 0 amide bonds. The van der Waals surface area contributed by atoms with Crippen molar-refractivity contribution in [2.24, 2.45) is 5.41 Å². The third-order valence-corrected chi connectivity index (χ3v) is 8.56. The molecule has 154 valence electrons. The molecule has 2 fully saturated rings. The summed E-state index contributed by atoms with van der Waals surface area (Å²) in [5, 5.41) is 12.5. The van der Waals surface area contributed by atoms with Gasteiger partial charge in [-0.1, -0.05) is 24.4 Å². The molecule has 3 heterocycles. The first-order chi connectivity index (χ1) is 13.3. The van der Waals surface area contributed by atoms with Crippen molar-refractivity contribution in [2.75, 3.05) is 13.1 Å². The van der Waals surface area contributed by atoms with Crippen LogP contribution in [0.4, 0.5) is 0 Å². The predicted octanol–water partition coefficient (Wildman–Crippen LogP) is 3.20. The van der Waals surface area contributed by atoms with Gasteiger partial charge in [-0.25, -0.2) is 8.42 Å². The van der Waals surface area contributed by atoms with Crippen LogP contribution in [0.5, 0.6) is 0 Å². The summed E-state index contributed by atoms with van der Waals surface area (Å²) in [5.41, 5.74) is 0.341. The zero-order chi connectivity index (χ0) is 20.1. The summed E-state index contributed by atoms with van der Waals surface area (Å²) in [6.07, 6.45) is 7.29. The fourth-order valence-electron chi connectivity index (χ4n) is 5.10. The molecule has 2 aromatic heterocycles. The van der Waals surface area contributed by atoms with Crippen LogP contribution in [0.3, 0.4) is 0 Å². The number of hydrogen-bond donors (Lipinski definition) is 0. The minimum atomic E-state index is -3.67. The Morgan fingerprint density at radius 3 is 2.54 bits per heavy atom. The molecule has 0 N–H and O–H groups in total. The predicted molar refractivity (Wildman–Crippen MR) is 103 cm³/mol. The number of hydrogen-bond acceptors (Lipinski definition) is 6. The molecule has 1 atom stereocenters. The van der Waals surface area contributed by atoms with E-state index in [1.54, 1.807) is 24.5 Å². The van der Waals surface area contributed by atoms with Crippen molar-refractivity contribution in [3.8, 4) is 0 Å². The van der Waals surface area contributed by atoms with Crippen LogP contribution in [-0.2, 0) is 10.0 Å². The summed E-state index contributed by atoms with van der Waals surface area (Å²) in [6, 6.07) is 0.235. The second-order valence-corrected chi connectivity index (χ2v) is 10.5. The van der Waals surface area contributed by atoms with Crippen LogP contribution in [0.25, 0.3) is 0 Å². The molecule has 8 nitrogen and oxygen atoms in total. The maximum absolute atomic E-state index is 13.5. The molecule has 0 aromatic carbocycles. The Balaban J connectivity index is 1.76. The van der Waals surface area contributed by atoms with Gasteiger partial charge in [-0.05, 0) is 46.0 Å². The molecule has 1 saturated carbocycles. The van der Waals surface area contributed by atoms with Gasteiger partial charge in [-0.2, -0.15) is 4.31 Å². The molecule has 1 spiro atoms. The Kier molecular flexibility index (Phi) is 4.86. The third kappa shape index (κ3) is 2.99. The molecule has 0 bridgehead atoms. The Morgan fingerprint density at radius 1 is 1.21 bits per heavy atom. The molecule has 1 saturated heterocycles. The van der Waals surface area contributed by atoms with E-state index in [4.69, 9.17) is 4.52 Å². The van der Waals surface area contributed by atoms with E-state index in [0.717, 1.165) is 31.5 Å². The molecule has 4 rings (SSSR count). The van der Waals surface area contributed by atoms with Crippen molar-refractivity contribution in [1.29, 1.82) is 0 Å². The van der Waals surface area contributed by atoms with E-state index >= 15 is 0 Å². The average molecular weight is 408 g/mol. The Bertz CT molecular complexity index is 937. The van der Waals surface area contributed by atoms with Gasteiger partial charge in [0, 0.05) is 25.0 Å². The van der Waals surface area contributed by atoms with Gasteiger partial charge in [0.05, 0.1) is 0 Å². The van der Waals surface area contributed by atoms with E-state index in [0.29, 0.717) is 24.5 Å². The lowest BCUT2D eigenvalue weighted by Crippen LogP contribution is -2.35. The van der Waals surface area contributed by atoms with Gasteiger partial charge in [0.2, 0.25) is 10.0 Å². The zero-order valence-electron chi connectivity index (χ0n) is 17.1. The lowest BCUT2D eigenvalue weighted by atomic mass is 9.67. The van der Waals surface area contributed by atoms with Crippen molar-refractivity contribution in [1.82, 2.24) is 24.2 Å². The van der Waals surface area contributed by atoms with Gasteiger partial charge in [0.25, 0.3) is 0 Å². The summed E-state index contributed by atoms with van der Waals surface area (Å²) >= 11 is 0. The van der Waals surface area contributed by atoms with E-state index in [1.165, 1.54) is 6.42 Å². The van der Waals surface area contributed by atoms with Crippen LogP contribution in [-0.4, -0.2) is 45.7 Å². The Morgan fingerprint density at radius 2 is 1.93 bits per heavy atom. The second-order valence-electron chi connectivity index (χ2n) is 8.62. The first-order valence-electron chi connectivity index (χ1n) is 10.1. The summed E-state index contributed by atoms with van der Waals surface area (Å²) in [6.45, 7) is 8.50. The van der Waals surface area contributed by atoms with Gasteiger partial charge in [0.15, 0.2) is 5.76 Å². The van der Waals surface area contributed by atoms with Gasteiger partial charge >= 0.3 is 0 Å². The summed E-state index contributed by atoms with van der Waals surface area (Å²) in [7, 11) is -3.67. The quantitative estimate of drug-likeness (QED) is 0.772. The van der Waals surface area contributed by atoms with E-state index in [1.807, 2.05) is 0 Å².